The van der Waals surface area contributed by atoms with E-state index in [1.807, 2.05) is 34.9 Å². The van der Waals surface area contributed by atoms with E-state index in [4.69, 9.17) is 16.0 Å². The highest BCUT2D eigenvalue weighted by atomic mass is 35.5. The molecule has 0 unspecified atom stereocenters. The minimum absolute atomic E-state index is 0.182. The molecule has 1 aromatic carbocycles. The number of piperazine rings is 1. The van der Waals surface area contributed by atoms with Gasteiger partial charge in [0.15, 0.2) is 0 Å². The van der Waals surface area contributed by atoms with Gasteiger partial charge >= 0.3 is 6.01 Å². The molecule has 1 aliphatic rings. The second-order valence-corrected chi connectivity index (χ2v) is 5.50. The van der Waals surface area contributed by atoms with Crippen LogP contribution in [-0.4, -0.2) is 47.2 Å². The average molecular weight is 321 g/mol. The number of hydrogen-bond acceptors (Lipinski definition) is 5. The van der Waals surface area contributed by atoms with Gasteiger partial charge in [-0.3, -0.25) is 4.79 Å². The number of amides is 1. The maximum absolute atomic E-state index is 11.7. The normalized spacial score (nSPS) is 15.2. The molecule has 0 saturated carbocycles. The first-order valence-electron chi connectivity index (χ1n) is 7.30. The number of carbonyl (C=O) groups is 1. The van der Waals surface area contributed by atoms with E-state index in [0.717, 1.165) is 5.56 Å². The van der Waals surface area contributed by atoms with Crippen LogP contribution in [0.2, 0.25) is 5.02 Å². The minimum Gasteiger partial charge on any atom is -0.403 e. The first kappa shape index (κ1) is 14.8. The van der Waals surface area contributed by atoms with Gasteiger partial charge in [0.25, 0.3) is 5.89 Å². The molecule has 3 rings (SSSR count). The number of hydrogen-bond donors (Lipinski definition) is 0. The van der Waals surface area contributed by atoms with Crippen molar-refractivity contribution in [1.82, 2.24) is 15.1 Å². The van der Waals surface area contributed by atoms with Crippen molar-refractivity contribution in [3.05, 3.63) is 29.3 Å². The predicted molar refractivity (Wildman–Crippen MR) is 83.8 cm³/mol. The standard InChI is InChI=1S/C15H17ClN4O2/c1-2-13(21)19-7-9-20(10-8-19)15-18-17-14(22-15)11-5-3-4-6-12(11)16/h3-6H,2,7-10H2,1H3. The number of rotatable bonds is 3. The van der Waals surface area contributed by atoms with Crippen LogP contribution >= 0.6 is 11.6 Å². The second-order valence-electron chi connectivity index (χ2n) is 5.09. The molecular weight excluding hydrogens is 304 g/mol. The van der Waals surface area contributed by atoms with Gasteiger partial charge in [-0.05, 0) is 12.1 Å². The molecule has 0 radical (unpaired) electrons. The van der Waals surface area contributed by atoms with Crippen molar-refractivity contribution < 1.29 is 9.21 Å². The molecule has 1 aliphatic heterocycles. The fourth-order valence-electron chi connectivity index (χ4n) is 2.46. The van der Waals surface area contributed by atoms with E-state index >= 15 is 0 Å². The smallest absolute Gasteiger partial charge is 0.318 e. The van der Waals surface area contributed by atoms with Crippen molar-refractivity contribution in [2.75, 3.05) is 31.1 Å². The highest BCUT2D eigenvalue weighted by Crippen LogP contribution is 2.28. The summed E-state index contributed by atoms with van der Waals surface area (Å²) >= 11 is 6.14. The number of halogens is 1. The van der Waals surface area contributed by atoms with E-state index in [1.54, 1.807) is 6.07 Å². The Labute approximate surface area is 133 Å². The Morgan fingerprint density at radius 3 is 2.64 bits per heavy atom. The van der Waals surface area contributed by atoms with Crippen molar-refractivity contribution in [3.63, 3.8) is 0 Å². The summed E-state index contributed by atoms with van der Waals surface area (Å²) in [6.45, 7) is 4.61. The van der Waals surface area contributed by atoms with Crippen molar-refractivity contribution >= 4 is 23.5 Å². The van der Waals surface area contributed by atoms with Crippen LogP contribution in [0.3, 0.4) is 0 Å². The van der Waals surface area contributed by atoms with E-state index in [9.17, 15) is 4.79 Å². The summed E-state index contributed by atoms with van der Waals surface area (Å²) in [4.78, 5) is 15.5. The Balaban J connectivity index is 1.71. The van der Waals surface area contributed by atoms with Crippen molar-refractivity contribution in [3.8, 4) is 11.5 Å². The quantitative estimate of drug-likeness (QED) is 0.869. The van der Waals surface area contributed by atoms with Gasteiger partial charge in [-0.1, -0.05) is 35.8 Å². The monoisotopic (exact) mass is 320 g/mol. The van der Waals surface area contributed by atoms with E-state index in [-0.39, 0.29) is 5.91 Å². The lowest BCUT2D eigenvalue weighted by molar-refractivity contribution is -0.131. The van der Waals surface area contributed by atoms with Crippen molar-refractivity contribution in [1.29, 1.82) is 0 Å². The molecule has 0 atom stereocenters. The maximum atomic E-state index is 11.7. The lowest BCUT2D eigenvalue weighted by atomic mass is 10.2. The zero-order valence-corrected chi connectivity index (χ0v) is 13.1. The molecule has 116 valence electrons. The highest BCUT2D eigenvalue weighted by Gasteiger charge is 2.23. The number of carbonyl (C=O) groups excluding carboxylic acids is 1. The zero-order chi connectivity index (χ0) is 15.5. The second kappa shape index (κ2) is 6.36. The van der Waals surface area contributed by atoms with Crippen LogP contribution in [-0.2, 0) is 4.79 Å². The van der Waals surface area contributed by atoms with Gasteiger partial charge in [-0.2, -0.15) is 0 Å². The third-order valence-corrected chi connectivity index (χ3v) is 4.05. The van der Waals surface area contributed by atoms with Gasteiger partial charge in [0.1, 0.15) is 0 Å². The number of aromatic nitrogens is 2. The van der Waals surface area contributed by atoms with E-state index in [2.05, 4.69) is 10.2 Å². The van der Waals surface area contributed by atoms with Crippen LogP contribution < -0.4 is 4.90 Å². The third kappa shape index (κ3) is 2.92. The van der Waals surface area contributed by atoms with Gasteiger partial charge in [0.2, 0.25) is 5.91 Å². The molecule has 1 aromatic heterocycles. The van der Waals surface area contributed by atoms with Crippen molar-refractivity contribution in [2.24, 2.45) is 0 Å². The Hall–Kier alpha value is -2.08. The molecule has 0 spiro atoms. The molecule has 22 heavy (non-hydrogen) atoms. The summed E-state index contributed by atoms with van der Waals surface area (Å²) < 4.78 is 5.73. The van der Waals surface area contributed by atoms with Gasteiger partial charge in [-0.15, -0.1) is 5.10 Å². The van der Waals surface area contributed by atoms with Crippen LogP contribution in [0, 0.1) is 0 Å². The summed E-state index contributed by atoms with van der Waals surface area (Å²) in [5.41, 5.74) is 0.725. The SMILES string of the molecule is CCC(=O)N1CCN(c2nnc(-c3ccccc3Cl)o2)CC1. The summed E-state index contributed by atoms with van der Waals surface area (Å²) in [5, 5.41) is 8.74. The summed E-state index contributed by atoms with van der Waals surface area (Å²) in [5.74, 6) is 0.592. The number of nitrogens with zero attached hydrogens (tertiary/aromatic N) is 4. The maximum Gasteiger partial charge on any atom is 0.318 e. The third-order valence-electron chi connectivity index (χ3n) is 3.72. The molecule has 0 N–H and O–H groups in total. The Morgan fingerprint density at radius 1 is 1.23 bits per heavy atom. The van der Waals surface area contributed by atoms with Gasteiger partial charge in [0.05, 0.1) is 10.6 Å². The Morgan fingerprint density at radius 2 is 1.95 bits per heavy atom. The van der Waals surface area contributed by atoms with E-state index in [0.29, 0.717) is 49.5 Å². The highest BCUT2D eigenvalue weighted by molar-refractivity contribution is 6.33. The minimum atomic E-state index is 0.182. The lowest BCUT2D eigenvalue weighted by Crippen LogP contribution is -2.48. The largest absolute Gasteiger partial charge is 0.403 e. The average Bonchev–Trinajstić information content (AvgIpc) is 3.04. The van der Waals surface area contributed by atoms with Crippen LogP contribution in [0.25, 0.3) is 11.5 Å². The van der Waals surface area contributed by atoms with Gasteiger partial charge in [0, 0.05) is 32.6 Å². The molecule has 1 saturated heterocycles. The number of benzene rings is 1. The lowest BCUT2D eigenvalue weighted by Gasteiger charge is -2.33. The Kier molecular flexibility index (Phi) is 4.29. The molecule has 2 heterocycles. The molecule has 1 fully saturated rings. The van der Waals surface area contributed by atoms with E-state index in [1.165, 1.54) is 0 Å². The van der Waals surface area contributed by atoms with E-state index < -0.39 is 0 Å². The molecule has 6 nitrogen and oxygen atoms in total. The van der Waals surface area contributed by atoms with Crippen molar-refractivity contribution in [2.45, 2.75) is 13.3 Å². The first-order chi connectivity index (χ1) is 10.7. The van der Waals surface area contributed by atoms with Crippen LogP contribution in [0.15, 0.2) is 28.7 Å². The number of anilines is 1. The predicted octanol–water partition coefficient (Wildman–Crippen LogP) is 2.45. The molecule has 0 bridgehead atoms. The molecule has 1 amide bonds. The summed E-state index contributed by atoms with van der Waals surface area (Å²) in [6, 6.07) is 7.83. The zero-order valence-electron chi connectivity index (χ0n) is 12.3. The van der Waals surface area contributed by atoms with Gasteiger partial charge in [-0.25, -0.2) is 0 Å². The topological polar surface area (TPSA) is 62.5 Å². The molecule has 2 aromatic rings. The summed E-state index contributed by atoms with van der Waals surface area (Å²) in [6.07, 6.45) is 0.539. The van der Waals surface area contributed by atoms with Gasteiger partial charge < -0.3 is 14.2 Å². The van der Waals surface area contributed by atoms with Crippen LogP contribution in [0.1, 0.15) is 13.3 Å². The van der Waals surface area contributed by atoms with Crippen LogP contribution in [0.5, 0.6) is 0 Å². The molecule has 7 heteroatoms. The van der Waals surface area contributed by atoms with Crippen LogP contribution in [0.4, 0.5) is 6.01 Å². The fourth-order valence-corrected chi connectivity index (χ4v) is 2.67. The fraction of sp³-hybridized carbons (Fsp3) is 0.400. The molecular formula is C15H17ClN4O2. The Bertz CT molecular complexity index is 665. The summed E-state index contributed by atoms with van der Waals surface area (Å²) in [7, 11) is 0. The molecule has 0 aliphatic carbocycles. The first-order valence-corrected chi connectivity index (χ1v) is 7.68.